The van der Waals surface area contributed by atoms with Crippen LogP contribution in [0.15, 0.2) is 18.3 Å². The number of aromatic nitrogens is 2. The van der Waals surface area contributed by atoms with Gasteiger partial charge in [-0.2, -0.15) is 5.10 Å². The SMILES string of the molecule is CCCC(C)(C)c1cc(O)c2c(c1)OC(C)(C)[C@@H]1Cc3cn[nH]c3C[C@@H]21. The first-order chi connectivity index (χ1) is 12.2. The lowest BCUT2D eigenvalue weighted by atomic mass is 9.66. The summed E-state index contributed by atoms with van der Waals surface area (Å²) < 4.78 is 6.48. The molecule has 1 aliphatic heterocycles. The maximum absolute atomic E-state index is 11.0. The molecule has 2 atom stereocenters. The number of phenolic OH excluding ortho intramolecular Hbond substituents is 1. The molecule has 2 aliphatic rings. The second-order valence-corrected chi connectivity index (χ2v) is 9.24. The van der Waals surface area contributed by atoms with Crippen LogP contribution in [0.1, 0.15) is 75.8 Å². The van der Waals surface area contributed by atoms with Crippen LogP contribution in [0.3, 0.4) is 0 Å². The Bertz CT molecular complexity index is 835. The van der Waals surface area contributed by atoms with Crippen LogP contribution in [0.4, 0.5) is 0 Å². The molecule has 1 aliphatic carbocycles. The third kappa shape index (κ3) is 2.62. The summed E-state index contributed by atoms with van der Waals surface area (Å²) >= 11 is 0. The van der Waals surface area contributed by atoms with Crippen molar-refractivity contribution in [3.05, 3.63) is 40.7 Å². The number of phenols is 1. The van der Waals surface area contributed by atoms with E-state index in [2.05, 4.69) is 50.9 Å². The summed E-state index contributed by atoms with van der Waals surface area (Å²) in [4.78, 5) is 0. The number of hydrogen-bond acceptors (Lipinski definition) is 3. The summed E-state index contributed by atoms with van der Waals surface area (Å²) in [6.07, 6.45) is 5.95. The van der Waals surface area contributed by atoms with Gasteiger partial charge in [-0.3, -0.25) is 5.10 Å². The lowest BCUT2D eigenvalue weighted by Crippen LogP contribution is -2.47. The van der Waals surface area contributed by atoms with Gasteiger partial charge in [0.05, 0.1) is 6.20 Å². The second-order valence-electron chi connectivity index (χ2n) is 9.24. The third-order valence-corrected chi connectivity index (χ3v) is 6.57. The summed E-state index contributed by atoms with van der Waals surface area (Å²) in [5, 5.41) is 18.3. The van der Waals surface area contributed by atoms with Crippen molar-refractivity contribution >= 4 is 0 Å². The fourth-order valence-electron chi connectivity index (χ4n) is 5.05. The number of H-pyrrole nitrogens is 1. The van der Waals surface area contributed by atoms with Crippen LogP contribution < -0.4 is 4.74 Å². The number of aromatic hydroxyl groups is 1. The molecular weight excluding hydrogens is 324 g/mol. The minimum atomic E-state index is -0.271. The van der Waals surface area contributed by atoms with Crippen LogP contribution in [0.5, 0.6) is 11.5 Å². The summed E-state index contributed by atoms with van der Waals surface area (Å²) in [5.41, 5.74) is 4.37. The van der Waals surface area contributed by atoms with Gasteiger partial charge in [0.2, 0.25) is 0 Å². The molecule has 1 aromatic heterocycles. The fourth-order valence-corrected chi connectivity index (χ4v) is 5.05. The average Bonchev–Trinajstić information content (AvgIpc) is 2.99. The second kappa shape index (κ2) is 5.77. The monoisotopic (exact) mass is 354 g/mol. The van der Waals surface area contributed by atoms with Crippen molar-refractivity contribution in [3.63, 3.8) is 0 Å². The van der Waals surface area contributed by atoms with Crippen molar-refractivity contribution in [1.82, 2.24) is 10.2 Å². The minimum absolute atomic E-state index is 0.0225. The Hall–Kier alpha value is -1.97. The average molecular weight is 354 g/mol. The first kappa shape index (κ1) is 17.4. The number of rotatable bonds is 3. The third-order valence-electron chi connectivity index (χ3n) is 6.57. The lowest BCUT2D eigenvalue weighted by molar-refractivity contribution is 0.00538. The zero-order valence-corrected chi connectivity index (χ0v) is 16.5. The number of nitrogens with zero attached hydrogens (tertiary/aromatic N) is 1. The number of fused-ring (bicyclic) bond motifs is 4. The predicted octanol–water partition coefficient (Wildman–Crippen LogP) is 4.86. The Morgan fingerprint density at radius 1 is 1.31 bits per heavy atom. The van der Waals surface area contributed by atoms with Crippen molar-refractivity contribution < 1.29 is 9.84 Å². The Kier molecular flexibility index (Phi) is 3.87. The van der Waals surface area contributed by atoms with Crippen LogP contribution >= 0.6 is 0 Å². The van der Waals surface area contributed by atoms with E-state index in [-0.39, 0.29) is 16.9 Å². The molecule has 1 aromatic carbocycles. The van der Waals surface area contributed by atoms with Gasteiger partial charge < -0.3 is 9.84 Å². The maximum atomic E-state index is 11.0. The molecule has 0 bridgehead atoms. The topological polar surface area (TPSA) is 58.1 Å². The van der Waals surface area contributed by atoms with Crippen molar-refractivity contribution in [1.29, 1.82) is 0 Å². The van der Waals surface area contributed by atoms with Crippen molar-refractivity contribution in [2.45, 2.75) is 77.2 Å². The van der Waals surface area contributed by atoms with Gasteiger partial charge in [0.1, 0.15) is 17.1 Å². The Labute approximate surface area is 156 Å². The van der Waals surface area contributed by atoms with Crippen LogP contribution in [-0.4, -0.2) is 20.9 Å². The van der Waals surface area contributed by atoms with Gasteiger partial charge in [-0.25, -0.2) is 0 Å². The molecule has 0 fully saturated rings. The molecule has 2 aromatic rings. The van der Waals surface area contributed by atoms with E-state index in [1.54, 1.807) is 0 Å². The molecule has 2 N–H and O–H groups in total. The number of nitrogens with one attached hydrogen (secondary N) is 1. The van der Waals surface area contributed by atoms with Crippen LogP contribution in [0.25, 0.3) is 0 Å². The first-order valence-corrected chi connectivity index (χ1v) is 9.80. The van der Waals surface area contributed by atoms with E-state index in [4.69, 9.17) is 4.74 Å². The zero-order valence-electron chi connectivity index (χ0n) is 16.5. The van der Waals surface area contributed by atoms with Gasteiger partial charge in [-0.1, -0.05) is 27.2 Å². The molecule has 140 valence electrons. The Morgan fingerprint density at radius 3 is 2.81 bits per heavy atom. The Morgan fingerprint density at radius 2 is 2.08 bits per heavy atom. The molecule has 0 unspecified atom stereocenters. The van der Waals surface area contributed by atoms with E-state index in [0.717, 1.165) is 42.6 Å². The summed E-state index contributed by atoms with van der Waals surface area (Å²) in [7, 11) is 0. The quantitative estimate of drug-likeness (QED) is 0.827. The number of ether oxygens (including phenoxy) is 1. The zero-order chi connectivity index (χ0) is 18.7. The van der Waals surface area contributed by atoms with Gasteiger partial charge in [-0.05, 0) is 61.8 Å². The molecule has 0 radical (unpaired) electrons. The van der Waals surface area contributed by atoms with Crippen LogP contribution in [0.2, 0.25) is 0 Å². The maximum Gasteiger partial charge on any atom is 0.127 e. The summed E-state index contributed by atoms with van der Waals surface area (Å²) in [5.74, 6) is 1.83. The predicted molar refractivity (Wildman–Crippen MR) is 103 cm³/mol. The molecule has 4 rings (SSSR count). The molecule has 2 heterocycles. The highest BCUT2D eigenvalue weighted by molar-refractivity contribution is 5.54. The highest BCUT2D eigenvalue weighted by Crippen LogP contribution is 2.54. The normalized spacial score (nSPS) is 23.6. The largest absolute Gasteiger partial charge is 0.508 e. The standard InChI is InChI=1S/C22H30N2O2/c1-6-7-21(2,3)14-9-18(25)20-15-11-17-13(12-23-24-17)8-16(15)22(4,5)26-19(20)10-14/h9-10,12,15-16,25H,6-8,11H2,1-5H3,(H,23,24)/t15-,16-/m1/s1. The van der Waals surface area contributed by atoms with Gasteiger partial charge in [0, 0.05) is 23.1 Å². The minimum Gasteiger partial charge on any atom is -0.508 e. The highest BCUT2D eigenvalue weighted by atomic mass is 16.5. The van der Waals surface area contributed by atoms with E-state index in [9.17, 15) is 5.11 Å². The van der Waals surface area contributed by atoms with Crippen molar-refractivity contribution in [2.24, 2.45) is 5.92 Å². The van der Waals surface area contributed by atoms with Gasteiger partial charge >= 0.3 is 0 Å². The first-order valence-electron chi connectivity index (χ1n) is 9.80. The molecular formula is C22H30N2O2. The van der Waals surface area contributed by atoms with Gasteiger partial charge in [0.15, 0.2) is 0 Å². The molecule has 0 spiro atoms. The summed E-state index contributed by atoms with van der Waals surface area (Å²) in [6, 6.07) is 4.14. The molecule has 26 heavy (non-hydrogen) atoms. The van der Waals surface area contributed by atoms with Crippen molar-refractivity contribution in [2.75, 3.05) is 0 Å². The molecule has 0 saturated carbocycles. The lowest BCUT2D eigenvalue weighted by Gasteiger charge is -2.47. The van der Waals surface area contributed by atoms with Gasteiger partial charge in [-0.15, -0.1) is 0 Å². The summed E-state index contributed by atoms with van der Waals surface area (Å²) in [6.45, 7) is 11.0. The number of hydrogen-bond donors (Lipinski definition) is 2. The van der Waals surface area contributed by atoms with Gasteiger partial charge in [0.25, 0.3) is 0 Å². The fraction of sp³-hybridized carbons (Fsp3) is 0.591. The number of aromatic amines is 1. The van der Waals surface area contributed by atoms with E-state index < -0.39 is 0 Å². The van der Waals surface area contributed by atoms with E-state index in [1.807, 2.05) is 12.3 Å². The van der Waals surface area contributed by atoms with Crippen molar-refractivity contribution in [3.8, 4) is 11.5 Å². The van der Waals surface area contributed by atoms with E-state index in [0.29, 0.717) is 11.7 Å². The smallest absolute Gasteiger partial charge is 0.127 e. The molecule has 4 heteroatoms. The molecule has 0 amide bonds. The van der Waals surface area contributed by atoms with E-state index >= 15 is 0 Å². The number of benzene rings is 1. The van der Waals surface area contributed by atoms with Crippen LogP contribution in [0, 0.1) is 5.92 Å². The highest BCUT2D eigenvalue weighted by Gasteiger charge is 2.47. The molecule has 0 saturated heterocycles. The van der Waals surface area contributed by atoms with Crippen LogP contribution in [-0.2, 0) is 18.3 Å². The Balaban J connectivity index is 1.82. The molecule has 4 nitrogen and oxygen atoms in total. The van der Waals surface area contributed by atoms with E-state index in [1.165, 1.54) is 11.3 Å².